The molecule has 4 heteroatoms. The van der Waals surface area contributed by atoms with Crippen LogP contribution in [0, 0.1) is 0 Å². The lowest BCUT2D eigenvalue weighted by molar-refractivity contribution is -0.136. The van der Waals surface area contributed by atoms with E-state index in [0.717, 1.165) is 22.7 Å². The molecule has 0 aromatic rings. The molecule has 0 saturated carbocycles. The summed E-state index contributed by atoms with van der Waals surface area (Å²) in [6.07, 6.45) is 3.89. The lowest BCUT2D eigenvalue weighted by atomic mass is 9.90. The van der Waals surface area contributed by atoms with E-state index in [9.17, 15) is 4.79 Å². The number of carbonyl (C=O) groups excluding carboxylic acids is 1. The van der Waals surface area contributed by atoms with Gasteiger partial charge in [-0.3, -0.25) is 0 Å². The van der Waals surface area contributed by atoms with Gasteiger partial charge in [-0.05, 0) is 11.6 Å². The highest BCUT2D eigenvalue weighted by molar-refractivity contribution is 7.99. The first-order valence-corrected chi connectivity index (χ1v) is 5.69. The Labute approximate surface area is 86.1 Å². The van der Waals surface area contributed by atoms with Gasteiger partial charge in [-0.1, -0.05) is 6.08 Å². The highest BCUT2D eigenvalue weighted by Crippen LogP contribution is 2.50. The van der Waals surface area contributed by atoms with Crippen molar-refractivity contribution in [1.29, 1.82) is 0 Å². The van der Waals surface area contributed by atoms with Gasteiger partial charge < -0.3 is 9.47 Å². The highest BCUT2D eigenvalue weighted by Gasteiger charge is 2.53. The van der Waals surface area contributed by atoms with Crippen molar-refractivity contribution in [3.63, 3.8) is 0 Å². The Kier molecular flexibility index (Phi) is 1.61. The van der Waals surface area contributed by atoms with E-state index in [1.165, 1.54) is 7.11 Å². The maximum Gasteiger partial charge on any atom is 0.336 e. The molecule has 3 nitrogen and oxygen atoms in total. The zero-order valence-electron chi connectivity index (χ0n) is 7.78. The Morgan fingerprint density at radius 2 is 2.64 bits per heavy atom. The maximum atomic E-state index is 11.5. The Hall–Kier alpha value is -0.740. The zero-order chi connectivity index (χ0) is 9.76. The fourth-order valence-corrected chi connectivity index (χ4v) is 3.65. The molecule has 3 aliphatic rings. The van der Waals surface area contributed by atoms with E-state index in [2.05, 4.69) is 6.08 Å². The molecular weight excluding hydrogens is 200 g/mol. The standard InChI is InChI=1S/C10H10O3S/c1-12-9(11)8-6-4-14-5-10(6)3-2-7(8)13-10/h2-3,7H,4-5H2,1H3/t7-,10-/m1/s1. The molecule has 3 rings (SSSR count). The summed E-state index contributed by atoms with van der Waals surface area (Å²) in [5.41, 5.74) is 1.60. The minimum absolute atomic E-state index is 0.154. The molecular formula is C10H10O3S. The third kappa shape index (κ3) is 0.854. The van der Waals surface area contributed by atoms with E-state index >= 15 is 0 Å². The maximum absolute atomic E-state index is 11.5. The van der Waals surface area contributed by atoms with Crippen LogP contribution in [0.1, 0.15) is 0 Å². The van der Waals surface area contributed by atoms with E-state index in [0.29, 0.717) is 0 Å². The van der Waals surface area contributed by atoms with Gasteiger partial charge in [0.05, 0.1) is 12.7 Å². The number of esters is 1. The molecule has 14 heavy (non-hydrogen) atoms. The Morgan fingerprint density at radius 3 is 3.43 bits per heavy atom. The summed E-state index contributed by atoms with van der Waals surface area (Å²) in [6, 6.07) is 0. The molecule has 2 bridgehead atoms. The number of thioether (sulfide) groups is 1. The lowest BCUT2D eigenvalue weighted by Crippen LogP contribution is -2.25. The van der Waals surface area contributed by atoms with Gasteiger partial charge in [0.25, 0.3) is 0 Å². The molecule has 0 radical (unpaired) electrons. The summed E-state index contributed by atoms with van der Waals surface area (Å²) < 4.78 is 10.6. The first-order chi connectivity index (χ1) is 6.77. The predicted octanol–water partition coefficient (Wildman–Crippen LogP) is 0.910. The molecule has 0 unspecified atom stereocenters. The fourth-order valence-electron chi connectivity index (χ4n) is 2.30. The average Bonchev–Trinajstić information content (AvgIpc) is 2.83. The van der Waals surface area contributed by atoms with Crippen molar-refractivity contribution in [2.24, 2.45) is 0 Å². The van der Waals surface area contributed by atoms with Crippen molar-refractivity contribution >= 4 is 17.7 Å². The summed E-state index contributed by atoms with van der Waals surface area (Å²) in [5.74, 6) is 1.58. The van der Waals surface area contributed by atoms with Crippen molar-refractivity contribution in [3.8, 4) is 0 Å². The number of hydrogen-bond acceptors (Lipinski definition) is 4. The van der Waals surface area contributed by atoms with Crippen molar-refractivity contribution in [2.75, 3.05) is 18.6 Å². The summed E-state index contributed by atoms with van der Waals surface area (Å²) in [4.78, 5) is 11.5. The molecule has 0 N–H and O–H groups in total. The summed E-state index contributed by atoms with van der Waals surface area (Å²) in [6.45, 7) is 0. The number of rotatable bonds is 1. The molecule has 0 aromatic carbocycles. The van der Waals surface area contributed by atoms with Crippen LogP contribution in [-0.2, 0) is 14.3 Å². The van der Waals surface area contributed by atoms with Gasteiger partial charge in [0.1, 0.15) is 11.7 Å². The first-order valence-electron chi connectivity index (χ1n) is 4.53. The molecule has 3 aliphatic heterocycles. The van der Waals surface area contributed by atoms with E-state index in [4.69, 9.17) is 9.47 Å². The minimum Gasteiger partial charge on any atom is -0.466 e. The third-order valence-corrected chi connectivity index (χ3v) is 4.09. The Bertz CT molecular complexity index is 372. The quantitative estimate of drug-likeness (QED) is 0.476. The van der Waals surface area contributed by atoms with E-state index in [1.807, 2.05) is 6.08 Å². The van der Waals surface area contributed by atoms with Gasteiger partial charge in [0.2, 0.25) is 0 Å². The van der Waals surface area contributed by atoms with Crippen LogP contribution in [0.25, 0.3) is 0 Å². The summed E-state index contributed by atoms with van der Waals surface area (Å²) in [5, 5.41) is 0. The number of ether oxygens (including phenoxy) is 2. The largest absolute Gasteiger partial charge is 0.466 e. The van der Waals surface area contributed by atoms with Gasteiger partial charge in [0, 0.05) is 11.5 Å². The number of hydrogen-bond donors (Lipinski definition) is 0. The van der Waals surface area contributed by atoms with Crippen molar-refractivity contribution < 1.29 is 14.3 Å². The van der Waals surface area contributed by atoms with Crippen molar-refractivity contribution in [2.45, 2.75) is 11.7 Å². The molecule has 0 aliphatic carbocycles. The van der Waals surface area contributed by atoms with Crippen LogP contribution in [0.2, 0.25) is 0 Å². The second-order valence-corrected chi connectivity index (χ2v) is 4.65. The molecule has 0 aromatic heterocycles. The van der Waals surface area contributed by atoms with Crippen LogP contribution in [0.5, 0.6) is 0 Å². The van der Waals surface area contributed by atoms with Crippen LogP contribution in [0.15, 0.2) is 23.3 Å². The molecule has 3 heterocycles. The van der Waals surface area contributed by atoms with Crippen molar-refractivity contribution in [1.82, 2.24) is 0 Å². The van der Waals surface area contributed by atoms with E-state index < -0.39 is 0 Å². The van der Waals surface area contributed by atoms with Crippen LogP contribution in [0.3, 0.4) is 0 Å². The van der Waals surface area contributed by atoms with Gasteiger partial charge in [-0.15, -0.1) is 0 Å². The smallest absolute Gasteiger partial charge is 0.336 e. The third-order valence-electron chi connectivity index (χ3n) is 2.97. The van der Waals surface area contributed by atoms with Crippen molar-refractivity contribution in [3.05, 3.63) is 23.3 Å². The molecule has 74 valence electrons. The topological polar surface area (TPSA) is 35.5 Å². The monoisotopic (exact) mass is 210 g/mol. The summed E-state index contributed by atoms with van der Waals surface area (Å²) in [7, 11) is 1.42. The average molecular weight is 210 g/mol. The number of fused-ring (bicyclic) bond motifs is 1. The van der Waals surface area contributed by atoms with Crippen LogP contribution in [-0.4, -0.2) is 36.3 Å². The van der Waals surface area contributed by atoms with Crippen LogP contribution >= 0.6 is 11.8 Å². The molecule has 0 amide bonds. The first kappa shape index (κ1) is 8.56. The highest BCUT2D eigenvalue weighted by atomic mass is 32.2. The van der Waals surface area contributed by atoms with Gasteiger partial charge in [-0.2, -0.15) is 11.8 Å². The van der Waals surface area contributed by atoms with Gasteiger partial charge in [-0.25, -0.2) is 4.79 Å². The lowest BCUT2D eigenvalue weighted by Gasteiger charge is -2.17. The van der Waals surface area contributed by atoms with E-state index in [-0.39, 0.29) is 17.7 Å². The number of carbonyl (C=O) groups is 1. The van der Waals surface area contributed by atoms with Gasteiger partial charge in [0.15, 0.2) is 0 Å². The van der Waals surface area contributed by atoms with E-state index in [1.54, 1.807) is 11.8 Å². The number of methoxy groups -OCH3 is 1. The second-order valence-electron chi connectivity index (χ2n) is 3.66. The molecule has 1 saturated heterocycles. The normalized spacial score (nSPS) is 37.9. The second kappa shape index (κ2) is 2.64. The van der Waals surface area contributed by atoms with Crippen LogP contribution < -0.4 is 0 Å². The Balaban J connectivity index is 2.09. The summed E-state index contributed by atoms with van der Waals surface area (Å²) >= 11 is 1.81. The molecule has 2 atom stereocenters. The Morgan fingerprint density at radius 1 is 1.79 bits per heavy atom. The predicted molar refractivity (Wildman–Crippen MR) is 53.1 cm³/mol. The zero-order valence-corrected chi connectivity index (χ0v) is 8.60. The SMILES string of the molecule is COC(=O)C1=C2CSC[C@]23C=C[C@H]1O3. The van der Waals surface area contributed by atoms with Gasteiger partial charge >= 0.3 is 5.97 Å². The molecule has 1 spiro atoms. The fraction of sp³-hybridized carbons (Fsp3) is 0.500. The van der Waals surface area contributed by atoms with Crippen LogP contribution in [0.4, 0.5) is 0 Å². The minimum atomic E-state index is -0.265. The molecule has 1 fully saturated rings.